The van der Waals surface area contributed by atoms with E-state index in [0.29, 0.717) is 28.4 Å². The van der Waals surface area contributed by atoms with Gasteiger partial charge in [0.1, 0.15) is 12.4 Å². The molecule has 0 bridgehead atoms. The van der Waals surface area contributed by atoms with Crippen LogP contribution in [0.1, 0.15) is 15.9 Å². The maximum atomic E-state index is 12.6. The molecule has 4 rings (SSSR count). The van der Waals surface area contributed by atoms with Crippen LogP contribution < -0.4 is 14.2 Å². The van der Waals surface area contributed by atoms with Crippen LogP contribution in [0.5, 0.6) is 17.2 Å². The Morgan fingerprint density at radius 3 is 2.76 bits per heavy atom. The van der Waals surface area contributed by atoms with Gasteiger partial charge in [-0.3, -0.25) is 9.48 Å². The van der Waals surface area contributed by atoms with Crippen molar-refractivity contribution in [3.05, 3.63) is 41.2 Å². The van der Waals surface area contributed by atoms with Crippen LogP contribution in [0.2, 0.25) is 0 Å². The zero-order chi connectivity index (χ0) is 14.4. The molecule has 6 nitrogen and oxygen atoms in total. The van der Waals surface area contributed by atoms with Gasteiger partial charge in [-0.25, -0.2) is 0 Å². The molecule has 0 fully saturated rings. The lowest BCUT2D eigenvalue weighted by molar-refractivity contribution is 0.100. The number of benzene rings is 1. The number of nitrogens with zero attached hydrogens (tertiary/aromatic N) is 2. The quantitative estimate of drug-likeness (QED) is 0.747. The summed E-state index contributed by atoms with van der Waals surface area (Å²) < 4.78 is 17.9. The molecular weight excluding hydrogens is 272 g/mol. The van der Waals surface area contributed by atoms with E-state index in [4.69, 9.17) is 14.2 Å². The molecule has 2 aromatic rings. The van der Waals surface area contributed by atoms with Gasteiger partial charge in [0.15, 0.2) is 17.3 Å². The van der Waals surface area contributed by atoms with Gasteiger partial charge in [-0.15, -0.1) is 0 Å². The fourth-order valence-electron chi connectivity index (χ4n) is 2.44. The van der Waals surface area contributed by atoms with Gasteiger partial charge in [-0.2, -0.15) is 5.10 Å². The lowest BCUT2D eigenvalue weighted by atomic mass is 9.98. The number of hydrogen-bond acceptors (Lipinski definition) is 5. The third-order valence-corrected chi connectivity index (χ3v) is 3.46. The topological polar surface area (TPSA) is 62.6 Å². The number of aryl methyl sites for hydroxylation is 1. The van der Waals surface area contributed by atoms with Gasteiger partial charge < -0.3 is 14.2 Å². The van der Waals surface area contributed by atoms with Gasteiger partial charge in [0.2, 0.25) is 6.79 Å². The van der Waals surface area contributed by atoms with Crippen molar-refractivity contribution in [3.63, 3.8) is 0 Å². The smallest absolute Gasteiger partial charge is 0.231 e. The summed E-state index contributed by atoms with van der Waals surface area (Å²) in [4.78, 5) is 12.6. The van der Waals surface area contributed by atoms with Gasteiger partial charge in [0.05, 0.1) is 11.8 Å². The highest BCUT2D eigenvalue weighted by Gasteiger charge is 2.27. The average molecular weight is 284 g/mol. The van der Waals surface area contributed by atoms with Crippen LogP contribution in [-0.4, -0.2) is 29.0 Å². The number of ether oxygens (including phenoxy) is 3. The Morgan fingerprint density at radius 1 is 1.19 bits per heavy atom. The molecule has 0 N–H and O–H groups in total. The third-order valence-electron chi connectivity index (χ3n) is 3.46. The van der Waals surface area contributed by atoms with Crippen LogP contribution in [-0.2, 0) is 7.05 Å². The summed E-state index contributed by atoms with van der Waals surface area (Å²) in [6.07, 6.45) is 5.34. The summed E-state index contributed by atoms with van der Waals surface area (Å²) in [6, 6.07) is 3.38. The van der Waals surface area contributed by atoms with Gasteiger partial charge in [0, 0.05) is 30.4 Å². The Hall–Kier alpha value is -2.76. The molecule has 0 saturated heterocycles. The maximum Gasteiger partial charge on any atom is 0.231 e. The summed E-state index contributed by atoms with van der Waals surface area (Å²) in [5.74, 6) is 1.67. The Labute approximate surface area is 120 Å². The van der Waals surface area contributed by atoms with Crippen molar-refractivity contribution in [3.8, 4) is 17.2 Å². The first-order chi connectivity index (χ1) is 10.2. The minimum Gasteiger partial charge on any atom is -0.488 e. The van der Waals surface area contributed by atoms with E-state index in [9.17, 15) is 4.79 Å². The first kappa shape index (κ1) is 12.0. The van der Waals surface area contributed by atoms with E-state index in [-0.39, 0.29) is 19.2 Å². The number of ketones is 1. The van der Waals surface area contributed by atoms with Gasteiger partial charge >= 0.3 is 0 Å². The lowest BCUT2D eigenvalue weighted by Gasteiger charge is -2.19. The predicted octanol–water partition coefficient (Wildman–Crippen LogP) is 1.81. The zero-order valence-corrected chi connectivity index (χ0v) is 11.3. The highest BCUT2D eigenvalue weighted by Crippen LogP contribution is 2.40. The molecule has 6 heteroatoms. The molecule has 0 unspecified atom stereocenters. The summed E-state index contributed by atoms with van der Waals surface area (Å²) in [6.45, 7) is 0.408. The van der Waals surface area contributed by atoms with Crippen molar-refractivity contribution < 1.29 is 19.0 Å². The number of aromatic nitrogens is 2. The zero-order valence-electron chi connectivity index (χ0n) is 11.3. The SMILES string of the molecule is Cn1cc(/C=C2\COc3cc4c(cc3C2=O)OCO4)cn1. The van der Waals surface area contributed by atoms with Crippen molar-refractivity contribution >= 4 is 11.9 Å². The highest BCUT2D eigenvalue weighted by atomic mass is 16.7. The number of hydrogen-bond donors (Lipinski definition) is 0. The van der Waals surface area contributed by atoms with E-state index in [1.165, 1.54) is 0 Å². The largest absolute Gasteiger partial charge is 0.488 e. The Kier molecular flexibility index (Phi) is 2.50. The summed E-state index contributed by atoms with van der Waals surface area (Å²) in [7, 11) is 1.83. The molecule has 3 heterocycles. The first-order valence-electron chi connectivity index (χ1n) is 6.51. The number of rotatable bonds is 1. The van der Waals surface area contributed by atoms with E-state index in [0.717, 1.165) is 5.56 Å². The van der Waals surface area contributed by atoms with E-state index in [1.54, 1.807) is 29.1 Å². The molecule has 0 amide bonds. The predicted molar refractivity (Wildman–Crippen MR) is 73.6 cm³/mol. The molecule has 106 valence electrons. The van der Waals surface area contributed by atoms with Crippen LogP contribution in [0.3, 0.4) is 0 Å². The Morgan fingerprint density at radius 2 is 2.00 bits per heavy atom. The fraction of sp³-hybridized carbons (Fsp3) is 0.200. The molecule has 2 aliphatic rings. The summed E-state index contributed by atoms with van der Waals surface area (Å²) in [5, 5.41) is 4.08. The number of Topliss-reactive ketones (excluding diaryl/α,β-unsaturated/α-hetero) is 1. The summed E-state index contributed by atoms with van der Waals surface area (Å²) in [5.41, 5.74) is 1.96. The van der Waals surface area contributed by atoms with E-state index in [2.05, 4.69) is 5.10 Å². The third kappa shape index (κ3) is 1.96. The van der Waals surface area contributed by atoms with Crippen LogP contribution in [0.25, 0.3) is 6.08 Å². The molecule has 2 aliphatic heterocycles. The minimum atomic E-state index is -0.0570. The number of carbonyl (C=O) groups is 1. The molecule has 0 atom stereocenters. The Balaban J connectivity index is 1.73. The Bertz CT molecular complexity index is 776. The molecule has 0 spiro atoms. The van der Waals surface area contributed by atoms with E-state index in [1.807, 2.05) is 13.2 Å². The van der Waals surface area contributed by atoms with Crippen molar-refractivity contribution in [1.29, 1.82) is 0 Å². The first-order valence-corrected chi connectivity index (χ1v) is 6.51. The van der Waals surface area contributed by atoms with Crippen LogP contribution >= 0.6 is 0 Å². The molecule has 21 heavy (non-hydrogen) atoms. The second kappa shape index (κ2) is 4.37. The van der Waals surface area contributed by atoms with E-state index >= 15 is 0 Å². The molecule has 0 saturated carbocycles. The van der Waals surface area contributed by atoms with Crippen molar-refractivity contribution in [2.45, 2.75) is 0 Å². The van der Waals surface area contributed by atoms with Gasteiger partial charge in [0.25, 0.3) is 0 Å². The minimum absolute atomic E-state index is 0.0570. The molecule has 1 aromatic carbocycles. The molecule has 0 radical (unpaired) electrons. The van der Waals surface area contributed by atoms with Crippen LogP contribution in [0, 0.1) is 0 Å². The summed E-state index contributed by atoms with van der Waals surface area (Å²) >= 11 is 0. The number of fused-ring (bicyclic) bond motifs is 2. The van der Waals surface area contributed by atoms with Crippen molar-refractivity contribution in [1.82, 2.24) is 9.78 Å². The van der Waals surface area contributed by atoms with Crippen molar-refractivity contribution in [2.24, 2.45) is 7.05 Å². The standard InChI is InChI=1S/C15H12N2O4/c1-17-6-9(5-16-17)2-10-7-19-12-4-14-13(20-8-21-14)3-11(12)15(10)18/h2-6H,7-8H2,1H3/b10-2+. The monoisotopic (exact) mass is 284 g/mol. The van der Waals surface area contributed by atoms with Gasteiger partial charge in [-0.05, 0) is 12.1 Å². The average Bonchev–Trinajstić information content (AvgIpc) is 3.09. The maximum absolute atomic E-state index is 12.6. The molecule has 1 aromatic heterocycles. The highest BCUT2D eigenvalue weighted by molar-refractivity contribution is 6.14. The second-order valence-electron chi connectivity index (χ2n) is 4.94. The van der Waals surface area contributed by atoms with Crippen LogP contribution in [0.15, 0.2) is 30.1 Å². The van der Waals surface area contributed by atoms with Crippen LogP contribution in [0.4, 0.5) is 0 Å². The molecular formula is C15H12N2O4. The fourth-order valence-corrected chi connectivity index (χ4v) is 2.44. The van der Waals surface area contributed by atoms with Crippen molar-refractivity contribution in [2.75, 3.05) is 13.4 Å². The molecule has 0 aliphatic carbocycles. The normalized spacial score (nSPS) is 17.8. The van der Waals surface area contributed by atoms with E-state index < -0.39 is 0 Å². The number of carbonyl (C=O) groups excluding carboxylic acids is 1. The second-order valence-corrected chi connectivity index (χ2v) is 4.94. The lowest BCUT2D eigenvalue weighted by Crippen LogP contribution is -2.18. The van der Waals surface area contributed by atoms with Gasteiger partial charge in [-0.1, -0.05) is 0 Å².